The fraction of sp³-hybridized carbons (Fsp3) is 0.182. The SMILES string of the molecule is CC(c1ccccc1Cl)n1cccn1. The van der Waals surface area contributed by atoms with E-state index >= 15 is 0 Å². The number of hydrogen-bond donors (Lipinski definition) is 0. The second-order valence-corrected chi connectivity index (χ2v) is 3.59. The molecule has 14 heavy (non-hydrogen) atoms. The highest BCUT2D eigenvalue weighted by molar-refractivity contribution is 6.31. The van der Waals surface area contributed by atoms with Crippen LogP contribution in [0.4, 0.5) is 0 Å². The topological polar surface area (TPSA) is 17.8 Å². The van der Waals surface area contributed by atoms with Gasteiger partial charge in [0.15, 0.2) is 0 Å². The molecule has 1 aromatic carbocycles. The molecule has 2 aromatic rings. The number of rotatable bonds is 2. The van der Waals surface area contributed by atoms with Crippen molar-refractivity contribution in [3.8, 4) is 0 Å². The fourth-order valence-corrected chi connectivity index (χ4v) is 1.76. The Morgan fingerprint density at radius 2 is 2.07 bits per heavy atom. The normalized spacial score (nSPS) is 12.7. The molecule has 0 N–H and O–H groups in total. The zero-order valence-corrected chi connectivity index (χ0v) is 8.65. The van der Waals surface area contributed by atoms with Crippen molar-refractivity contribution in [1.82, 2.24) is 9.78 Å². The predicted molar refractivity (Wildman–Crippen MR) is 57.5 cm³/mol. The van der Waals surface area contributed by atoms with Crippen molar-refractivity contribution in [2.45, 2.75) is 13.0 Å². The van der Waals surface area contributed by atoms with Crippen molar-refractivity contribution >= 4 is 11.6 Å². The number of halogens is 1. The molecule has 0 aliphatic carbocycles. The van der Waals surface area contributed by atoms with E-state index in [4.69, 9.17) is 11.6 Å². The Morgan fingerprint density at radius 1 is 1.29 bits per heavy atom. The zero-order chi connectivity index (χ0) is 9.97. The van der Waals surface area contributed by atoms with Crippen LogP contribution in [0.3, 0.4) is 0 Å². The van der Waals surface area contributed by atoms with Crippen molar-refractivity contribution in [2.24, 2.45) is 0 Å². The highest BCUT2D eigenvalue weighted by Crippen LogP contribution is 2.24. The van der Waals surface area contributed by atoms with E-state index in [0.717, 1.165) is 10.6 Å². The van der Waals surface area contributed by atoms with Crippen molar-refractivity contribution in [3.05, 3.63) is 53.3 Å². The van der Waals surface area contributed by atoms with Crippen molar-refractivity contribution in [1.29, 1.82) is 0 Å². The second kappa shape index (κ2) is 3.84. The lowest BCUT2D eigenvalue weighted by Gasteiger charge is -2.13. The van der Waals surface area contributed by atoms with E-state index in [-0.39, 0.29) is 6.04 Å². The lowest BCUT2D eigenvalue weighted by molar-refractivity contribution is 0.565. The third-order valence-electron chi connectivity index (χ3n) is 2.28. The standard InChI is InChI=1S/C11H11ClN2/c1-9(14-8-4-7-13-14)10-5-2-3-6-11(10)12/h2-9H,1H3. The molecule has 0 amide bonds. The van der Waals surface area contributed by atoms with Crippen LogP contribution in [-0.4, -0.2) is 9.78 Å². The molecular formula is C11H11ClN2. The van der Waals surface area contributed by atoms with Crippen LogP contribution in [0.2, 0.25) is 5.02 Å². The van der Waals surface area contributed by atoms with Gasteiger partial charge in [-0.05, 0) is 24.6 Å². The van der Waals surface area contributed by atoms with Crippen molar-refractivity contribution in [2.75, 3.05) is 0 Å². The van der Waals surface area contributed by atoms with Gasteiger partial charge in [0.05, 0.1) is 6.04 Å². The Bertz CT molecular complexity index is 409. The van der Waals surface area contributed by atoms with Crippen LogP contribution in [-0.2, 0) is 0 Å². The number of aromatic nitrogens is 2. The first-order valence-corrected chi connectivity index (χ1v) is 4.90. The van der Waals surface area contributed by atoms with Gasteiger partial charge in [0.1, 0.15) is 0 Å². The molecule has 1 atom stereocenters. The van der Waals surface area contributed by atoms with Crippen LogP contribution in [0, 0.1) is 0 Å². The van der Waals surface area contributed by atoms with Gasteiger partial charge in [-0.25, -0.2) is 0 Å². The Kier molecular flexibility index (Phi) is 2.55. The zero-order valence-electron chi connectivity index (χ0n) is 7.89. The molecule has 0 aliphatic heterocycles. The van der Waals surface area contributed by atoms with Gasteiger partial charge in [0.25, 0.3) is 0 Å². The van der Waals surface area contributed by atoms with Gasteiger partial charge in [-0.15, -0.1) is 0 Å². The summed E-state index contributed by atoms with van der Waals surface area (Å²) in [5, 5.41) is 4.98. The highest BCUT2D eigenvalue weighted by Gasteiger charge is 2.10. The summed E-state index contributed by atoms with van der Waals surface area (Å²) in [5.41, 5.74) is 1.10. The minimum Gasteiger partial charge on any atom is -0.265 e. The highest BCUT2D eigenvalue weighted by atomic mass is 35.5. The molecule has 0 spiro atoms. The summed E-state index contributed by atoms with van der Waals surface area (Å²) in [4.78, 5) is 0. The van der Waals surface area contributed by atoms with Crippen LogP contribution in [0.15, 0.2) is 42.7 Å². The molecule has 0 radical (unpaired) electrons. The molecule has 0 fully saturated rings. The second-order valence-electron chi connectivity index (χ2n) is 3.18. The molecule has 2 rings (SSSR count). The summed E-state index contributed by atoms with van der Waals surface area (Å²) in [7, 11) is 0. The van der Waals surface area contributed by atoms with E-state index in [1.54, 1.807) is 6.20 Å². The van der Waals surface area contributed by atoms with E-state index in [1.807, 2.05) is 41.2 Å². The average Bonchev–Trinajstić information content (AvgIpc) is 2.70. The molecule has 0 saturated carbocycles. The first kappa shape index (κ1) is 9.28. The Labute approximate surface area is 88.1 Å². The minimum absolute atomic E-state index is 0.179. The third-order valence-corrected chi connectivity index (χ3v) is 2.62. The van der Waals surface area contributed by atoms with Crippen molar-refractivity contribution < 1.29 is 0 Å². The van der Waals surface area contributed by atoms with E-state index in [9.17, 15) is 0 Å². The van der Waals surface area contributed by atoms with E-state index in [1.165, 1.54) is 0 Å². The van der Waals surface area contributed by atoms with Crippen LogP contribution < -0.4 is 0 Å². The molecule has 0 saturated heterocycles. The summed E-state index contributed by atoms with van der Waals surface area (Å²) in [6, 6.07) is 9.93. The van der Waals surface area contributed by atoms with Crippen LogP contribution >= 0.6 is 11.6 Å². The van der Waals surface area contributed by atoms with Crippen molar-refractivity contribution in [3.63, 3.8) is 0 Å². The molecule has 2 nitrogen and oxygen atoms in total. The molecule has 1 heterocycles. The average molecular weight is 207 g/mol. The molecule has 0 aliphatic rings. The largest absolute Gasteiger partial charge is 0.265 e. The van der Waals surface area contributed by atoms with Gasteiger partial charge in [-0.2, -0.15) is 5.10 Å². The number of nitrogens with zero attached hydrogens (tertiary/aromatic N) is 2. The lowest BCUT2D eigenvalue weighted by atomic mass is 10.1. The maximum Gasteiger partial charge on any atom is 0.0754 e. The van der Waals surface area contributed by atoms with Gasteiger partial charge in [-0.1, -0.05) is 29.8 Å². The van der Waals surface area contributed by atoms with Gasteiger partial charge < -0.3 is 0 Å². The molecule has 0 bridgehead atoms. The molecule has 1 aromatic heterocycles. The maximum absolute atomic E-state index is 6.09. The quantitative estimate of drug-likeness (QED) is 0.738. The van der Waals surface area contributed by atoms with Gasteiger partial charge >= 0.3 is 0 Å². The molecule has 1 unspecified atom stereocenters. The number of hydrogen-bond acceptors (Lipinski definition) is 1. The maximum atomic E-state index is 6.09. The smallest absolute Gasteiger partial charge is 0.0754 e. The summed E-state index contributed by atoms with van der Waals surface area (Å²) in [6.45, 7) is 2.08. The van der Waals surface area contributed by atoms with E-state index in [2.05, 4.69) is 12.0 Å². The summed E-state index contributed by atoms with van der Waals surface area (Å²) >= 11 is 6.09. The van der Waals surface area contributed by atoms with Crippen LogP contribution in [0.1, 0.15) is 18.5 Å². The van der Waals surface area contributed by atoms with E-state index < -0.39 is 0 Å². The molecule has 3 heteroatoms. The van der Waals surface area contributed by atoms with E-state index in [0.29, 0.717) is 0 Å². The van der Waals surface area contributed by atoms with Gasteiger partial charge in [0.2, 0.25) is 0 Å². The third kappa shape index (κ3) is 1.66. The van der Waals surface area contributed by atoms with Gasteiger partial charge in [0, 0.05) is 17.4 Å². The monoisotopic (exact) mass is 206 g/mol. The molecular weight excluding hydrogens is 196 g/mol. The van der Waals surface area contributed by atoms with Crippen LogP contribution in [0.5, 0.6) is 0 Å². The summed E-state index contributed by atoms with van der Waals surface area (Å²) < 4.78 is 1.89. The lowest BCUT2D eigenvalue weighted by Crippen LogP contribution is -2.07. The van der Waals surface area contributed by atoms with Crippen LogP contribution in [0.25, 0.3) is 0 Å². The number of benzene rings is 1. The van der Waals surface area contributed by atoms with Gasteiger partial charge in [-0.3, -0.25) is 4.68 Å². The summed E-state index contributed by atoms with van der Waals surface area (Å²) in [6.07, 6.45) is 3.71. The Balaban J connectivity index is 2.37. The first-order chi connectivity index (χ1) is 6.79. The fourth-order valence-electron chi connectivity index (χ4n) is 1.47. The first-order valence-electron chi connectivity index (χ1n) is 4.52. The minimum atomic E-state index is 0.179. The Hall–Kier alpha value is -1.28. The Morgan fingerprint density at radius 3 is 2.71 bits per heavy atom. The summed E-state index contributed by atoms with van der Waals surface area (Å²) in [5.74, 6) is 0. The predicted octanol–water partition coefficient (Wildman–Crippen LogP) is 3.15. The molecule has 72 valence electrons.